The van der Waals surface area contributed by atoms with Crippen molar-refractivity contribution in [3.8, 4) is 5.75 Å². The molecule has 0 spiro atoms. The third-order valence-electron chi connectivity index (χ3n) is 2.41. The second-order valence-corrected chi connectivity index (χ2v) is 4.16. The van der Waals surface area contributed by atoms with E-state index in [0.29, 0.717) is 29.7 Å². The van der Waals surface area contributed by atoms with Crippen molar-refractivity contribution in [3.05, 3.63) is 53.1 Å². The molecular formula is C13H14ClN3O. The highest BCUT2D eigenvalue weighted by atomic mass is 35.5. The molecular weight excluding hydrogens is 250 g/mol. The highest BCUT2D eigenvalue weighted by Crippen LogP contribution is 2.26. The van der Waals surface area contributed by atoms with Gasteiger partial charge in [0, 0.05) is 12.4 Å². The minimum absolute atomic E-state index is 0.302. The van der Waals surface area contributed by atoms with E-state index in [1.807, 2.05) is 18.2 Å². The molecule has 94 valence electrons. The topological polar surface area (TPSA) is 61.0 Å². The van der Waals surface area contributed by atoms with Gasteiger partial charge in [-0.15, -0.1) is 0 Å². The summed E-state index contributed by atoms with van der Waals surface area (Å²) in [5.41, 5.74) is 6.60. The lowest BCUT2D eigenvalue weighted by Gasteiger charge is -2.08. The van der Waals surface area contributed by atoms with Crippen molar-refractivity contribution >= 4 is 11.6 Å². The Morgan fingerprint density at radius 3 is 2.67 bits per heavy atom. The van der Waals surface area contributed by atoms with E-state index in [0.717, 1.165) is 12.0 Å². The zero-order chi connectivity index (χ0) is 12.8. The van der Waals surface area contributed by atoms with E-state index < -0.39 is 0 Å². The molecule has 0 unspecified atom stereocenters. The fourth-order valence-corrected chi connectivity index (χ4v) is 1.79. The molecule has 5 heteroatoms. The Morgan fingerprint density at radius 2 is 2.00 bits per heavy atom. The zero-order valence-corrected chi connectivity index (χ0v) is 10.6. The molecule has 0 fully saturated rings. The summed E-state index contributed by atoms with van der Waals surface area (Å²) in [4.78, 5) is 8.15. The third-order valence-corrected chi connectivity index (χ3v) is 2.70. The molecule has 0 atom stereocenters. The monoisotopic (exact) mass is 263 g/mol. The van der Waals surface area contributed by atoms with E-state index in [1.165, 1.54) is 0 Å². The number of benzene rings is 1. The molecule has 4 nitrogen and oxygen atoms in total. The van der Waals surface area contributed by atoms with Gasteiger partial charge in [0.1, 0.15) is 12.4 Å². The summed E-state index contributed by atoms with van der Waals surface area (Å²) in [7, 11) is 0. The standard InChI is InChI=1S/C13H14ClN3O/c14-11-8-10(4-5-15)2-3-12(11)18-9-13-16-6-1-7-17-13/h1-3,6-8H,4-5,9,15H2. The van der Waals surface area contributed by atoms with E-state index in [4.69, 9.17) is 22.1 Å². The molecule has 2 rings (SSSR count). The van der Waals surface area contributed by atoms with Crippen LogP contribution in [0.3, 0.4) is 0 Å². The summed E-state index contributed by atoms with van der Waals surface area (Å²) in [6, 6.07) is 7.43. The minimum atomic E-state index is 0.302. The molecule has 1 aromatic heterocycles. The van der Waals surface area contributed by atoms with Gasteiger partial charge < -0.3 is 10.5 Å². The maximum atomic E-state index is 6.12. The van der Waals surface area contributed by atoms with Crippen LogP contribution in [0, 0.1) is 0 Å². The smallest absolute Gasteiger partial charge is 0.166 e. The van der Waals surface area contributed by atoms with Gasteiger partial charge >= 0.3 is 0 Å². The van der Waals surface area contributed by atoms with Gasteiger partial charge in [-0.3, -0.25) is 0 Å². The van der Waals surface area contributed by atoms with Crippen LogP contribution in [0.5, 0.6) is 5.75 Å². The number of hydrogen-bond donors (Lipinski definition) is 1. The summed E-state index contributed by atoms with van der Waals surface area (Å²) in [6.45, 7) is 0.908. The molecule has 0 amide bonds. The van der Waals surface area contributed by atoms with Crippen LogP contribution in [0.15, 0.2) is 36.7 Å². The molecule has 2 aromatic rings. The summed E-state index contributed by atoms with van der Waals surface area (Å²) in [6.07, 6.45) is 4.16. The summed E-state index contributed by atoms with van der Waals surface area (Å²) < 4.78 is 5.57. The number of nitrogens with two attached hydrogens (primary N) is 1. The molecule has 0 aliphatic heterocycles. The third kappa shape index (κ3) is 3.42. The number of hydrogen-bond acceptors (Lipinski definition) is 4. The second kappa shape index (κ2) is 6.33. The minimum Gasteiger partial charge on any atom is -0.484 e. The first-order valence-electron chi connectivity index (χ1n) is 5.67. The van der Waals surface area contributed by atoms with E-state index in [2.05, 4.69) is 9.97 Å². The molecule has 0 saturated carbocycles. The lowest BCUT2D eigenvalue weighted by Crippen LogP contribution is -2.03. The molecule has 0 saturated heterocycles. The van der Waals surface area contributed by atoms with Gasteiger partial charge in [0.25, 0.3) is 0 Å². The van der Waals surface area contributed by atoms with Crippen molar-refractivity contribution in [2.45, 2.75) is 13.0 Å². The predicted molar refractivity (Wildman–Crippen MR) is 70.6 cm³/mol. The summed E-state index contributed by atoms with van der Waals surface area (Å²) in [5.74, 6) is 1.25. The van der Waals surface area contributed by atoms with Crippen LogP contribution in [0.1, 0.15) is 11.4 Å². The van der Waals surface area contributed by atoms with Crippen LogP contribution in [0.2, 0.25) is 5.02 Å². The van der Waals surface area contributed by atoms with Crippen molar-refractivity contribution in [2.75, 3.05) is 6.54 Å². The van der Waals surface area contributed by atoms with Crippen LogP contribution < -0.4 is 10.5 Å². The molecule has 0 bridgehead atoms. The van der Waals surface area contributed by atoms with Gasteiger partial charge in [0.2, 0.25) is 0 Å². The number of nitrogens with zero attached hydrogens (tertiary/aromatic N) is 2. The van der Waals surface area contributed by atoms with E-state index >= 15 is 0 Å². The maximum absolute atomic E-state index is 6.12. The van der Waals surface area contributed by atoms with Crippen molar-refractivity contribution in [1.82, 2.24) is 9.97 Å². The molecule has 1 heterocycles. The predicted octanol–water partition coefficient (Wildman–Crippen LogP) is 2.21. The Hall–Kier alpha value is -1.65. The van der Waals surface area contributed by atoms with Gasteiger partial charge in [0.15, 0.2) is 5.82 Å². The average molecular weight is 264 g/mol. The average Bonchev–Trinajstić information content (AvgIpc) is 2.39. The van der Waals surface area contributed by atoms with Crippen LogP contribution in [-0.4, -0.2) is 16.5 Å². The Balaban J connectivity index is 2.01. The first-order valence-corrected chi connectivity index (χ1v) is 6.04. The van der Waals surface area contributed by atoms with Gasteiger partial charge in [0.05, 0.1) is 5.02 Å². The summed E-state index contributed by atoms with van der Waals surface area (Å²) >= 11 is 6.12. The normalized spacial score (nSPS) is 10.3. The van der Waals surface area contributed by atoms with Crippen LogP contribution >= 0.6 is 11.6 Å². The van der Waals surface area contributed by atoms with E-state index in [9.17, 15) is 0 Å². The van der Waals surface area contributed by atoms with Gasteiger partial charge in [-0.05, 0) is 36.7 Å². The first-order chi connectivity index (χ1) is 8.79. The van der Waals surface area contributed by atoms with E-state index in [1.54, 1.807) is 18.5 Å². The highest BCUT2D eigenvalue weighted by Gasteiger charge is 2.04. The zero-order valence-electron chi connectivity index (χ0n) is 9.84. The number of halogens is 1. The van der Waals surface area contributed by atoms with Crippen molar-refractivity contribution in [1.29, 1.82) is 0 Å². The Labute approximate surface area is 111 Å². The molecule has 2 N–H and O–H groups in total. The maximum Gasteiger partial charge on any atom is 0.166 e. The van der Waals surface area contributed by atoms with Gasteiger partial charge in [-0.1, -0.05) is 17.7 Å². The van der Waals surface area contributed by atoms with Crippen LogP contribution in [0.25, 0.3) is 0 Å². The second-order valence-electron chi connectivity index (χ2n) is 3.76. The van der Waals surface area contributed by atoms with Gasteiger partial charge in [-0.25, -0.2) is 9.97 Å². The van der Waals surface area contributed by atoms with Crippen molar-refractivity contribution in [3.63, 3.8) is 0 Å². The fraction of sp³-hybridized carbons (Fsp3) is 0.231. The molecule has 0 radical (unpaired) electrons. The van der Waals surface area contributed by atoms with Crippen molar-refractivity contribution < 1.29 is 4.74 Å². The number of rotatable bonds is 5. The first kappa shape index (κ1) is 12.8. The van der Waals surface area contributed by atoms with E-state index in [-0.39, 0.29) is 0 Å². The summed E-state index contributed by atoms with van der Waals surface area (Å²) in [5, 5.41) is 0.580. The molecule has 0 aliphatic carbocycles. The quantitative estimate of drug-likeness (QED) is 0.898. The highest BCUT2D eigenvalue weighted by molar-refractivity contribution is 6.32. The number of ether oxygens (including phenoxy) is 1. The molecule has 0 aliphatic rings. The van der Waals surface area contributed by atoms with Crippen LogP contribution in [0.4, 0.5) is 0 Å². The molecule has 1 aromatic carbocycles. The van der Waals surface area contributed by atoms with Crippen LogP contribution in [-0.2, 0) is 13.0 Å². The Kier molecular flexibility index (Phi) is 4.50. The lowest BCUT2D eigenvalue weighted by molar-refractivity contribution is 0.296. The number of aromatic nitrogens is 2. The molecule has 18 heavy (non-hydrogen) atoms. The SMILES string of the molecule is NCCc1ccc(OCc2ncccn2)c(Cl)c1. The lowest BCUT2D eigenvalue weighted by atomic mass is 10.1. The Morgan fingerprint density at radius 1 is 1.22 bits per heavy atom. The van der Waals surface area contributed by atoms with Gasteiger partial charge in [-0.2, -0.15) is 0 Å². The van der Waals surface area contributed by atoms with Crippen molar-refractivity contribution in [2.24, 2.45) is 5.73 Å². The Bertz CT molecular complexity index is 505. The largest absolute Gasteiger partial charge is 0.484 e. The fourth-order valence-electron chi connectivity index (χ4n) is 1.53.